The van der Waals surface area contributed by atoms with E-state index >= 15 is 0 Å². The van der Waals surface area contributed by atoms with Crippen LogP contribution in [0.4, 0.5) is 5.13 Å². The second kappa shape index (κ2) is 8.22. The van der Waals surface area contributed by atoms with Crippen LogP contribution in [0.1, 0.15) is 36.9 Å². The molecule has 0 aliphatic carbocycles. The molecule has 2 rings (SSSR count). The number of nitrogens with one attached hydrogen (secondary N) is 1. The topological polar surface area (TPSA) is 45.2 Å². The average Bonchev–Trinajstić information content (AvgIpc) is 2.87. The zero-order valence-corrected chi connectivity index (χ0v) is 15.1. The Morgan fingerprint density at radius 3 is 2.57 bits per heavy atom. The normalized spacial score (nSPS) is 11.2. The van der Waals surface area contributed by atoms with E-state index in [0.29, 0.717) is 17.7 Å². The molecule has 4 nitrogen and oxygen atoms in total. The van der Waals surface area contributed by atoms with Crippen molar-refractivity contribution >= 4 is 22.4 Å². The number of hydrogen-bond acceptors (Lipinski definition) is 4. The number of thiazole rings is 1. The molecule has 124 valence electrons. The van der Waals surface area contributed by atoms with Crippen molar-refractivity contribution in [3.63, 3.8) is 0 Å². The summed E-state index contributed by atoms with van der Waals surface area (Å²) in [6, 6.07) is 10.5. The standard InChI is InChI=1S/C18H25N3OS/c1-5-16-14(4)23-18(19-16)20-17(22)12-21(13(2)3)11-15-9-7-6-8-10-15/h6-10,13H,5,11-12H2,1-4H3,(H,19,20,22). The minimum absolute atomic E-state index is 0.00830. The van der Waals surface area contributed by atoms with Gasteiger partial charge in [-0.2, -0.15) is 0 Å². The van der Waals surface area contributed by atoms with Crippen molar-refractivity contribution in [3.8, 4) is 0 Å². The van der Waals surface area contributed by atoms with Crippen LogP contribution in [-0.4, -0.2) is 28.4 Å². The number of aromatic nitrogens is 1. The summed E-state index contributed by atoms with van der Waals surface area (Å²) in [5.74, 6) is -0.00830. The Hall–Kier alpha value is -1.72. The quantitative estimate of drug-likeness (QED) is 0.838. The van der Waals surface area contributed by atoms with Crippen LogP contribution in [0.3, 0.4) is 0 Å². The molecule has 0 saturated heterocycles. The summed E-state index contributed by atoms with van der Waals surface area (Å²) in [5, 5.41) is 3.64. The van der Waals surface area contributed by atoms with Crippen LogP contribution >= 0.6 is 11.3 Å². The summed E-state index contributed by atoms with van der Waals surface area (Å²) in [7, 11) is 0. The number of rotatable bonds is 7. The lowest BCUT2D eigenvalue weighted by Crippen LogP contribution is -2.37. The van der Waals surface area contributed by atoms with E-state index in [-0.39, 0.29) is 5.91 Å². The van der Waals surface area contributed by atoms with Crippen LogP contribution in [0.5, 0.6) is 0 Å². The monoisotopic (exact) mass is 331 g/mol. The van der Waals surface area contributed by atoms with E-state index in [1.54, 1.807) is 11.3 Å². The molecule has 5 heteroatoms. The van der Waals surface area contributed by atoms with Crippen LogP contribution < -0.4 is 5.32 Å². The van der Waals surface area contributed by atoms with E-state index in [1.165, 1.54) is 10.4 Å². The number of nitrogens with zero attached hydrogens (tertiary/aromatic N) is 2. The molecule has 23 heavy (non-hydrogen) atoms. The fraction of sp³-hybridized carbons (Fsp3) is 0.444. The maximum Gasteiger partial charge on any atom is 0.240 e. The van der Waals surface area contributed by atoms with Crippen molar-refractivity contribution in [2.75, 3.05) is 11.9 Å². The Morgan fingerprint density at radius 2 is 2.00 bits per heavy atom. The smallest absolute Gasteiger partial charge is 0.240 e. The summed E-state index contributed by atoms with van der Waals surface area (Å²) in [6.07, 6.45) is 0.893. The number of carbonyl (C=O) groups excluding carboxylic acids is 1. The van der Waals surface area contributed by atoms with Crippen LogP contribution in [0, 0.1) is 6.92 Å². The number of amides is 1. The molecule has 0 radical (unpaired) electrons. The molecule has 0 bridgehead atoms. The molecule has 0 aliphatic rings. The van der Waals surface area contributed by atoms with Gasteiger partial charge in [-0.25, -0.2) is 4.98 Å². The lowest BCUT2D eigenvalue weighted by Gasteiger charge is -2.25. The van der Waals surface area contributed by atoms with Crippen molar-refractivity contribution in [2.24, 2.45) is 0 Å². The van der Waals surface area contributed by atoms with Gasteiger partial charge in [-0.3, -0.25) is 9.69 Å². The van der Waals surface area contributed by atoms with Crippen LogP contribution in [-0.2, 0) is 17.8 Å². The molecule has 1 amide bonds. The highest BCUT2D eigenvalue weighted by molar-refractivity contribution is 7.15. The van der Waals surface area contributed by atoms with Gasteiger partial charge in [0.1, 0.15) is 0 Å². The molecule has 1 heterocycles. The lowest BCUT2D eigenvalue weighted by atomic mass is 10.2. The first-order chi connectivity index (χ1) is 11.0. The summed E-state index contributed by atoms with van der Waals surface area (Å²) >= 11 is 1.55. The molecule has 1 N–H and O–H groups in total. The number of anilines is 1. The van der Waals surface area contributed by atoms with Gasteiger partial charge in [0, 0.05) is 17.5 Å². The van der Waals surface area contributed by atoms with E-state index in [0.717, 1.165) is 18.7 Å². The van der Waals surface area contributed by atoms with Gasteiger partial charge >= 0.3 is 0 Å². The van der Waals surface area contributed by atoms with E-state index < -0.39 is 0 Å². The number of hydrogen-bond donors (Lipinski definition) is 1. The second-order valence-corrected chi connectivity index (χ2v) is 7.11. The minimum Gasteiger partial charge on any atom is -0.301 e. The maximum absolute atomic E-state index is 12.3. The molecule has 0 atom stereocenters. The Kier molecular flexibility index (Phi) is 6.30. The predicted octanol–water partition coefficient (Wildman–Crippen LogP) is 3.86. The van der Waals surface area contributed by atoms with E-state index in [1.807, 2.05) is 25.1 Å². The van der Waals surface area contributed by atoms with Crippen molar-refractivity contribution in [2.45, 2.75) is 46.7 Å². The van der Waals surface area contributed by atoms with Gasteiger partial charge in [0.2, 0.25) is 5.91 Å². The number of aryl methyl sites for hydroxylation is 2. The number of benzene rings is 1. The first-order valence-corrected chi connectivity index (χ1v) is 8.85. The Bertz CT molecular complexity index is 637. The summed E-state index contributed by atoms with van der Waals surface area (Å²) in [6.45, 7) is 9.48. The van der Waals surface area contributed by atoms with Crippen LogP contribution in [0.25, 0.3) is 0 Å². The molecule has 0 saturated carbocycles. The average molecular weight is 331 g/mol. The zero-order valence-electron chi connectivity index (χ0n) is 14.3. The molecule has 0 unspecified atom stereocenters. The van der Waals surface area contributed by atoms with Crippen LogP contribution in [0.2, 0.25) is 0 Å². The van der Waals surface area contributed by atoms with Crippen LogP contribution in [0.15, 0.2) is 30.3 Å². The van der Waals surface area contributed by atoms with Crippen molar-refractivity contribution in [1.82, 2.24) is 9.88 Å². The summed E-state index contributed by atoms with van der Waals surface area (Å²) in [5.41, 5.74) is 2.28. The van der Waals surface area contributed by atoms with E-state index in [2.05, 4.69) is 48.1 Å². The van der Waals surface area contributed by atoms with Gasteiger partial charge in [-0.05, 0) is 32.8 Å². The van der Waals surface area contributed by atoms with Crippen molar-refractivity contribution in [1.29, 1.82) is 0 Å². The van der Waals surface area contributed by atoms with Gasteiger partial charge in [0.25, 0.3) is 0 Å². The van der Waals surface area contributed by atoms with E-state index in [9.17, 15) is 4.79 Å². The highest BCUT2D eigenvalue weighted by atomic mass is 32.1. The summed E-state index contributed by atoms with van der Waals surface area (Å²) in [4.78, 5) is 20.1. The molecule has 0 fully saturated rings. The zero-order chi connectivity index (χ0) is 16.8. The molecule has 0 aliphatic heterocycles. The van der Waals surface area contributed by atoms with Gasteiger partial charge in [-0.15, -0.1) is 11.3 Å². The van der Waals surface area contributed by atoms with Crippen molar-refractivity contribution < 1.29 is 4.79 Å². The Balaban J connectivity index is 1.97. The maximum atomic E-state index is 12.3. The van der Waals surface area contributed by atoms with Gasteiger partial charge in [0.05, 0.1) is 12.2 Å². The minimum atomic E-state index is -0.00830. The fourth-order valence-electron chi connectivity index (χ4n) is 2.39. The third kappa shape index (κ3) is 5.15. The van der Waals surface area contributed by atoms with E-state index in [4.69, 9.17) is 0 Å². The highest BCUT2D eigenvalue weighted by Crippen LogP contribution is 2.22. The fourth-order valence-corrected chi connectivity index (χ4v) is 3.31. The molecule has 1 aromatic heterocycles. The first-order valence-electron chi connectivity index (χ1n) is 8.03. The predicted molar refractivity (Wildman–Crippen MR) is 96.8 cm³/mol. The first kappa shape index (κ1) is 17.6. The number of carbonyl (C=O) groups is 1. The van der Waals surface area contributed by atoms with Gasteiger partial charge in [-0.1, -0.05) is 37.3 Å². The second-order valence-electron chi connectivity index (χ2n) is 5.91. The highest BCUT2D eigenvalue weighted by Gasteiger charge is 2.16. The Labute approximate surface area is 142 Å². The molecular weight excluding hydrogens is 306 g/mol. The molecule has 2 aromatic rings. The van der Waals surface area contributed by atoms with Gasteiger partial charge in [0.15, 0.2) is 5.13 Å². The molecular formula is C18H25N3OS. The molecule has 0 spiro atoms. The largest absolute Gasteiger partial charge is 0.301 e. The van der Waals surface area contributed by atoms with Gasteiger partial charge < -0.3 is 5.32 Å². The Morgan fingerprint density at radius 1 is 1.30 bits per heavy atom. The third-order valence-electron chi connectivity index (χ3n) is 3.78. The third-order valence-corrected chi connectivity index (χ3v) is 4.71. The van der Waals surface area contributed by atoms with Crippen molar-refractivity contribution in [3.05, 3.63) is 46.5 Å². The SMILES string of the molecule is CCc1nc(NC(=O)CN(Cc2ccccc2)C(C)C)sc1C. The molecule has 1 aromatic carbocycles. The summed E-state index contributed by atoms with van der Waals surface area (Å²) < 4.78 is 0. The lowest BCUT2D eigenvalue weighted by molar-refractivity contribution is -0.117.